The Hall–Kier alpha value is -1.57. The Balaban J connectivity index is 1.96. The van der Waals surface area contributed by atoms with Crippen LogP contribution in [0.3, 0.4) is 0 Å². The monoisotopic (exact) mass is 314 g/mol. The molecule has 2 fully saturated rings. The van der Waals surface area contributed by atoms with Crippen LogP contribution < -0.4 is 4.74 Å². The summed E-state index contributed by atoms with van der Waals surface area (Å²) < 4.78 is 16.6. The molecule has 1 aromatic heterocycles. The van der Waals surface area contributed by atoms with Gasteiger partial charge >= 0.3 is 6.09 Å². The third-order valence-corrected chi connectivity index (χ3v) is 4.15. The van der Waals surface area contributed by atoms with Crippen LogP contribution in [-0.2, 0) is 15.1 Å². The van der Waals surface area contributed by atoms with Crippen LogP contribution >= 0.6 is 11.6 Å². The van der Waals surface area contributed by atoms with Crippen molar-refractivity contribution in [1.82, 2.24) is 9.88 Å². The van der Waals surface area contributed by atoms with Crippen LogP contribution in [0.2, 0.25) is 5.15 Å². The summed E-state index contributed by atoms with van der Waals surface area (Å²) in [5, 5.41) is 9.41. The van der Waals surface area contributed by atoms with E-state index < -0.39 is 17.8 Å². The molecule has 7 nitrogen and oxygen atoms in total. The number of rotatable bonds is 2. The van der Waals surface area contributed by atoms with E-state index in [1.165, 1.54) is 4.90 Å². The van der Waals surface area contributed by atoms with Crippen LogP contribution in [0.15, 0.2) is 12.1 Å². The molecule has 2 aliphatic rings. The predicted octanol–water partition coefficient (Wildman–Crippen LogP) is 1.70. The molecule has 0 radical (unpaired) electrons. The van der Waals surface area contributed by atoms with Gasteiger partial charge in [0.25, 0.3) is 0 Å². The minimum absolute atomic E-state index is 0.106. The molecule has 114 valence electrons. The van der Waals surface area contributed by atoms with E-state index in [2.05, 4.69) is 4.98 Å². The van der Waals surface area contributed by atoms with Crippen molar-refractivity contribution in [2.75, 3.05) is 27.0 Å². The number of likely N-dealkylation sites (tertiary alicyclic amines) is 1. The predicted molar refractivity (Wildman–Crippen MR) is 72.5 cm³/mol. The summed E-state index contributed by atoms with van der Waals surface area (Å²) in [6.45, 7) is 0.701. The maximum absolute atomic E-state index is 11.1. The lowest BCUT2D eigenvalue weighted by molar-refractivity contribution is -0.0478. The van der Waals surface area contributed by atoms with Gasteiger partial charge in [0.1, 0.15) is 29.4 Å². The average Bonchev–Trinajstić information content (AvgIpc) is 2.90. The number of fused-ring (bicyclic) bond motifs is 1. The van der Waals surface area contributed by atoms with Gasteiger partial charge in [-0.15, -0.1) is 0 Å². The fraction of sp³-hybridized carbons (Fsp3) is 0.538. The Kier molecular flexibility index (Phi) is 3.64. The molecule has 0 bridgehead atoms. The SMILES string of the molecule is COc1cc(Cl)nc(C23CCN(C(=O)O)C[C@H]2OCO3)c1. The molecule has 21 heavy (non-hydrogen) atoms. The lowest BCUT2D eigenvalue weighted by Crippen LogP contribution is -2.53. The number of carbonyl (C=O) groups is 1. The summed E-state index contributed by atoms with van der Waals surface area (Å²) in [4.78, 5) is 16.8. The number of aromatic nitrogens is 1. The highest BCUT2D eigenvalue weighted by atomic mass is 35.5. The number of hydrogen-bond acceptors (Lipinski definition) is 5. The quantitative estimate of drug-likeness (QED) is 0.837. The van der Waals surface area contributed by atoms with Crippen molar-refractivity contribution in [3.8, 4) is 5.75 Å². The molecule has 3 rings (SSSR count). The van der Waals surface area contributed by atoms with Crippen LogP contribution in [0.5, 0.6) is 5.75 Å². The Morgan fingerprint density at radius 1 is 1.62 bits per heavy atom. The van der Waals surface area contributed by atoms with Gasteiger partial charge in [0, 0.05) is 25.1 Å². The van der Waals surface area contributed by atoms with Crippen LogP contribution in [0.4, 0.5) is 4.79 Å². The summed E-state index contributed by atoms with van der Waals surface area (Å²) in [7, 11) is 1.55. The van der Waals surface area contributed by atoms with E-state index in [0.717, 1.165) is 0 Å². The van der Waals surface area contributed by atoms with Gasteiger partial charge in [-0.2, -0.15) is 0 Å². The van der Waals surface area contributed by atoms with Crippen molar-refractivity contribution in [2.24, 2.45) is 0 Å². The molecule has 2 aliphatic heterocycles. The number of pyridine rings is 1. The van der Waals surface area contributed by atoms with Gasteiger partial charge in [-0.25, -0.2) is 9.78 Å². The Morgan fingerprint density at radius 2 is 2.43 bits per heavy atom. The molecule has 3 heterocycles. The number of piperidine rings is 1. The van der Waals surface area contributed by atoms with Gasteiger partial charge in [0.05, 0.1) is 19.3 Å². The Morgan fingerprint density at radius 3 is 3.14 bits per heavy atom. The molecule has 1 N–H and O–H groups in total. The van der Waals surface area contributed by atoms with E-state index >= 15 is 0 Å². The zero-order valence-corrected chi connectivity index (χ0v) is 12.2. The summed E-state index contributed by atoms with van der Waals surface area (Å²) >= 11 is 6.02. The van der Waals surface area contributed by atoms with Gasteiger partial charge in [0.15, 0.2) is 0 Å². The Labute approximate surface area is 126 Å². The molecule has 0 aliphatic carbocycles. The van der Waals surface area contributed by atoms with E-state index in [0.29, 0.717) is 29.6 Å². The molecule has 0 saturated carbocycles. The van der Waals surface area contributed by atoms with Crippen molar-refractivity contribution in [3.63, 3.8) is 0 Å². The zero-order chi connectivity index (χ0) is 15.0. The minimum Gasteiger partial charge on any atom is -0.497 e. The summed E-state index contributed by atoms with van der Waals surface area (Å²) in [6.07, 6.45) is -0.908. The van der Waals surface area contributed by atoms with E-state index in [1.54, 1.807) is 19.2 Å². The summed E-state index contributed by atoms with van der Waals surface area (Å²) in [6, 6.07) is 3.36. The number of nitrogens with zero attached hydrogens (tertiary/aromatic N) is 2. The lowest BCUT2D eigenvalue weighted by atomic mass is 9.85. The second kappa shape index (κ2) is 5.32. The normalized spacial score (nSPS) is 28.3. The number of halogens is 1. The Bertz CT molecular complexity index is 569. The second-order valence-electron chi connectivity index (χ2n) is 5.00. The van der Waals surface area contributed by atoms with E-state index in [9.17, 15) is 4.79 Å². The van der Waals surface area contributed by atoms with E-state index in [1.807, 2.05) is 0 Å². The van der Waals surface area contributed by atoms with Crippen molar-refractivity contribution < 1.29 is 24.1 Å². The summed E-state index contributed by atoms with van der Waals surface area (Å²) in [5.74, 6) is 0.578. The van der Waals surface area contributed by atoms with Crippen LogP contribution in [-0.4, -0.2) is 54.2 Å². The van der Waals surface area contributed by atoms with Crippen molar-refractivity contribution >= 4 is 17.7 Å². The topological polar surface area (TPSA) is 81.1 Å². The largest absolute Gasteiger partial charge is 0.497 e. The fourth-order valence-corrected chi connectivity index (χ4v) is 3.02. The molecule has 0 aromatic carbocycles. The third kappa shape index (κ3) is 2.41. The molecule has 2 atom stereocenters. The van der Waals surface area contributed by atoms with Crippen LogP contribution in [0, 0.1) is 0 Å². The highest BCUT2D eigenvalue weighted by Crippen LogP contribution is 2.42. The molecular weight excluding hydrogens is 300 g/mol. The smallest absolute Gasteiger partial charge is 0.407 e. The molecule has 1 amide bonds. The first-order chi connectivity index (χ1) is 10.0. The number of methoxy groups -OCH3 is 1. The highest BCUT2D eigenvalue weighted by molar-refractivity contribution is 6.29. The number of amides is 1. The van der Waals surface area contributed by atoms with Crippen molar-refractivity contribution in [2.45, 2.75) is 18.1 Å². The van der Waals surface area contributed by atoms with E-state index in [-0.39, 0.29) is 13.3 Å². The fourth-order valence-electron chi connectivity index (χ4n) is 2.82. The lowest BCUT2D eigenvalue weighted by Gasteiger charge is -2.40. The first-order valence-corrected chi connectivity index (χ1v) is 6.88. The average molecular weight is 315 g/mol. The van der Waals surface area contributed by atoms with Crippen LogP contribution in [0.25, 0.3) is 0 Å². The maximum Gasteiger partial charge on any atom is 0.407 e. The van der Waals surface area contributed by atoms with Gasteiger partial charge in [-0.1, -0.05) is 11.6 Å². The van der Waals surface area contributed by atoms with Gasteiger partial charge < -0.3 is 24.2 Å². The third-order valence-electron chi connectivity index (χ3n) is 3.95. The zero-order valence-electron chi connectivity index (χ0n) is 11.4. The van der Waals surface area contributed by atoms with Gasteiger partial charge in [-0.05, 0) is 0 Å². The maximum atomic E-state index is 11.1. The molecule has 1 aromatic rings. The second-order valence-corrected chi connectivity index (χ2v) is 5.39. The van der Waals surface area contributed by atoms with Crippen molar-refractivity contribution in [1.29, 1.82) is 0 Å². The standard InChI is InChI=1S/C13H15ClN2O5/c1-19-8-4-9(15-11(14)5-8)13-2-3-16(12(17)18)6-10(13)20-7-21-13/h4-5,10H,2-3,6-7H2,1H3,(H,17,18)/t10-,13?/m1/s1. The molecular formula is C13H15ClN2O5. The van der Waals surface area contributed by atoms with Crippen LogP contribution in [0.1, 0.15) is 12.1 Å². The van der Waals surface area contributed by atoms with Gasteiger partial charge in [0.2, 0.25) is 0 Å². The molecule has 1 unspecified atom stereocenters. The number of carboxylic acid groups (broad SMARTS) is 1. The van der Waals surface area contributed by atoms with Gasteiger partial charge in [-0.3, -0.25) is 0 Å². The highest BCUT2D eigenvalue weighted by Gasteiger charge is 2.52. The minimum atomic E-state index is -0.962. The molecule has 2 saturated heterocycles. The molecule has 8 heteroatoms. The number of ether oxygens (including phenoxy) is 3. The van der Waals surface area contributed by atoms with E-state index in [4.69, 9.17) is 30.9 Å². The van der Waals surface area contributed by atoms with Crippen molar-refractivity contribution in [3.05, 3.63) is 23.0 Å². The summed E-state index contributed by atoms with van der Waals surface area (Å²) in [5.41, 5.74) is -0.163. The number of hydrogen-bond donors (Lipinski definition) is 1. The first kappa shape index (κ1) is 14.4. The first-order valence-electron chi connectivity index (χ1n) is 6.50. The molecule has 0 spiro atoms.